The molecule has 36 heavy (non-hydrogen) atoms. The molecule has 0 amide bonds. The molecular weight excluding hydrogens is 449 g/mol. The quantitative estimate of drug-likeness (QED) is 0.293. The third-order valence-electron chi connectivity index (χ3n) is 7.43. The smallest absolute Gasteiger partial charge is 0.123 e. The number of aromatic amines is 1. The van der Waals surface area contributed by atoms with Crippen molar-refractivity contribution in [2.24, 2.45) is 0 Å². The lowest BCUT2D eigenvalue weighted by Crippen LogP contribution is -2.29. The Kier molecular flexibility index (Phi) is 6.91. The Labute approximate surface area is 212 Å². The van der Waals surface area contributed by atoms with Gasteiger partial charge in [-0.25, -0.2) is 4.39 Å². The molecule has 5 heteroatoms. The zero-order valence-corrected chi connectivity index (χ0v) is 21.0. The van der Waals surface area contributed by atoms with Gasteiger partial charge < -0.3 is 14.6 Å². The van der Waals surface area contributed by atoms with Crippen LogP contribution >= 0.6 is 0 Å². The Balaban J connectivity index is 1.23. The van der Waals surface area contributed by atoms with E-state index in [9.17, 15) is 9.65 Å². The van der Waals surface area contributed by atoms with Crippen LogP contribution < -0.4 is 0 Å². The van der Waals surface area contributed by atoms with Crippen molar-refractivity contribution in [1.29, 1.82) is 5.26 Å². The molecule has 0 saturated heterocycles. The summed E-state index contributed by atoms with van der Waals surface area (Å²) in [6, 6.07) is 21.2. The van der Waals surface area contributed by atoms with E-state index in [-0.39, 0.29) is 5.82 Å². The molecule has 1 N–H and O–H groups in total. The predicted molar refractivity (Wildman–Crippen MR) is 141 cm³/mol. The number of aryl methyl sites for hydroxylation is 2. The number of hydrogen-bond acceptors (Lipinski definition) is 3. The normalized spacial score (nSPS) is 17.0. The second-order valence-electron chi connectivity index (χ2n) is 9.98. The monoisotopic (exact) mass is 481 g/mol. The molecule has 3 aromatic carbocycles. The van der Waals surface area contributed by atoms with E-state index in [1.54, 1.807) is 0 Å². The third-order valence-corrected chi connectivity index (χ3v) is 7.43. The van der Waals surface area contributed by atoms with Crippen molar-refractivity contribution < 1.29 is 9.13 Å². The van der Waals surface area contributed by atoms with E-state index in [0.29, 0.717) is 12.2 Å². The zero-order valence-electron chi connectivity index (χ0n) is 21.0. The number of rotatable bonds is 9. The van der Waals surface area contributed by atoms with Gasteiger partial charge in [0, 0.05) is 17.1 Å². The zero-order chi connectivity index (χ0) is 25.1. The van der Waals surface area contributed by atoms with Gasteiger partial charge in [-0.2, -0.15) is 5.26 Å². The van der Waals surface area contributed by atoms with Gasteiger partial charge in [-0.3, -0.25) is 0 Å². The summed E-state index contributed by atoms with van der Waals surface area (Å²) in [4.78, 5) is 5.77. The maximum absolute atomic E-state index is 13.7. The summed E-state index contributed by atoms with van der Waals surface area (Å²) in [5.41, 5.74) is 6.99. The number of aromatic nitrogens is 1. The highest BCUT2D eigenvalue weighted by atomic mass is 19.1. The molecule has 1 aliphatic rings. The van der Waals surface area contributed by atoms with Crippen LogP contribution in [0.25, 0.3) is 10.9 Å². The van der Waals surface area contributed by atoms with E-state index in [2.05, 4.69) is 54.3 Å². The fraction of sp³-hybridized carbons (Fsp3) is 0.323. The molecule has 4 nitrogen and oxygen atoms in total. The Hall–Kier alpha value is -3.46. The van der Waals surface area contributed by atoms with Crippen molar-refractivity contribution >= 4 is 10.9 Å². The fourth-order valence-corrected chi connectivity index (χ4v) is 5.51. The summed E-state index contributed by atoms with van der Waals surface area (Å²) >= 11 is 0. The Morgan fingerprint density at radius 1 is 1.06 bits per heavy atom. The maximum Gasteiger partial charge on any atom is 0.123 e. The van der Waals surface area contributed by atoms with Crippen LogP contribution in [0.4, 0.5) is 4.39 Å². The molecular formula is C31H32FN3O. The van der Waals surface area contributed by atoms with Crippen LogP contribution in [0.2, 0.25) is 0 Å². The summed E-state index contributed by atoms with van der Waals surface area (Å²) in [6.45, 7) is 4.57. The molecule has 0 aliphatic carbocycles. The molecule has 0 fully saturated rings. The number of nitrogens with zero attached hydrogens (tertiary/aromatic N) is 2. The van der Waals surface area contributed by atoms with E-state index < -0.39 is 5.60 Å². The molecule has 0 bridgehead atoms. The minimum atomic E-state index is -0.611. The van der Waals surface area contributed by atoms with E-state index in [4.69, 9.17) is 4.74 Å². The Morgan fingerprint density at radius 3 is 2.67 bits per heavy atom. The van der Waals surface area contributed by atoms with Gasteiger partial charge in [-0.15, -0.1) is 0 Å². The van der Waals surface area contributed by atoms with Crippen molar-refractivity contribution in [2.75, 3.05) is 20.1 Å². The Bertz CT molecular complexity index is 1400. The second-order valence-corrected chi connectivity index (χ2v) is 9.98. The SMILES string of the molecule is Cc1ccc2[nH]cc(CCCN(C)CCCC3(c4ccc(F)cc4)OCc4cc(C#N)ccc43)c2c1. The van der Waals surface area contributed by atoms with Gasteiger partial charge >= 0.3 is 0 Å². The first kappa shape index (κ1) is 24.2. The van der Waals surface area contributed by atoms with Crippen molar-refractivity contribution in [1.82, 2.24) is 9.88 Å². The standard InChI is InChI=1S/C31H32FN3O/c1-22-6-13-30-28(17-22)24(20-34-30)5-3-15-35(2)16-4-14-31(26-8-10-27(32)11-9-26)29-12-7-23(19-33)18-25(29)21-36-31/h6-13,17-18,20,34H,3-5,14-16,21H2,1-2H3. The minimum Gasteiger partial charge on any atom is -0.361 e. The van der Waals surface area contributed by atoms with E-state index in [0.717, 1.165) is 55.5 Å². The van der Waals surface area contributed by atoms with Gasteiger partial charge in [0.05, 0.1) is 18.2 Å². The lowest BCUT2D eigenvalue weighted by atomic mass is 9.81. The average Bonchev–Trinajstić information content (AvgIpc) is 3.46. The summed E-state index contributed by atoms with van der Waals surface area (Å²) in [6.07, 6.45) is 6.02. The van der Waals surface area contributed by atoms with Crippen LogP contribution in [-0.4, -0.2) is 30.0 Å². The number of halogens is 1. The van der Waals surface area contributed by atoms with Crippen LogP contribution in [0.1, 0.15) is 52.6 Å². The molecule has 2 heterocycles. The van der Waals surface area contributed by atoms with E-state index in [1.165, 1.54) is 34.2 Å². The Morgan fingerprint density at radius 2 is 1.86 bits per heavy atom. The van der Waals surface area contributed by atoms with Gasteiger partial charge in [0.25, 0.3) is 0 Å². The summed E-state index contributed by atoms with van der Waals surface area (Å²) < 4.78 is 20.1. The molecule has 1 aromatic heterocycles. The molecule has 1 unspecified atom stereocenters. The van der Waals surface area contributed by atoms with E-state index in [1.807, 2.05) is 30.3 Å². The minimum absolute atomic E-state index is 0.253. The average molecular weight is 482 g/mol. The largest absolute Gasteiger partial charge is 0.361 e. The highest BCUT2D eigenvalue weighted by molar-refractivity contribution is 5.83. The van der Waals surface area contributed by atoms with E-state index >= 15 is 0 Å². The number of hydrogen-bond donors (Lipinski definition) is 1. The van der Waals surface area contributed by atoms with Crippen molar-refractivity contribution in [2.45, 2.75) is 44.8 Å². The van der Waals surface area contributed by atoms with Gasteiger partial charge in [-0.05, 0) is 111 Å². The molecule has 4 aromatic rings. The summed E-state index contributed by atoms with van der Waals surface area (Å²) in [5, 5.41) is 10.6. The first-order valence-electron chi connectivity index (χ1n) is 12.7. The van der Waals surface area contributed by atoms with Gasteiger partial charge in [0.1, 0.15) is 11.4 Å². The number of H-pyrrole nitrogens is 1. The van der Waals surface area contributed by atoms with Crippen molar-refractivity contribution in [3.05, 3.63) is 106 Å². The third kappa shape index (κ3) is 4.80. The van der Waals surface area contributed by atoms with Crippen LogP contribution in [0.3, 0.4) is 0 Å². The first-order valence-corrected chi connectivity index (χ1v) is 12.7. The molecule has 5 rings (SSSR count). The van der Waals surface area contributed by atoms with Gasteiger partial charge in [0.2, 0.25) is 0 Å². The van der Waals surface area contributed by atoms with Crippen LogP contribution in [0, 0.1) is 24.1 Å². The summed E-state index contributed by atoms with van der Waals surface area (Å²) in [5.74, 6) is -0.253. The first-order chi connectivity index (χ1) is 17.5. The molecule has 1 atom stereocenters. The predicted octanol–water partition coefficient (Wildman–Crippen LogP) is 6.61. The maximum atomic E-state index is 13.7. The lowest BCUT2D eigenvalue weighted by molar-refractivity contribution is -0.0142. The summed E-state index contributed by atoms with van der Waals surface area (Å²) in [7, 11) is 2.17. The number of benzene rings is 3. The van der Waals surface area contributed by atoms with Crippen LogP contribution in [0.5, 0.6) is 0 Å². The number of nitrogens with one attached hydrogen (secondary N) is 1. The molecule has 0 spiro atoms. The molecule has 0 saturated carbocycles. The molecule has 0 radical (unpaired) electrons. The number of ether oxygens (including phenoxy) is 1. The fourth-order valence-electron chi connectivity index (χ4n) is 5.51. The topological polar surface area (TPSA) is 52.0 Å². The number of fused-ring (bicyclic) bond motifs is 2. The second kappa shape index (κ2) is 10.3. The van der Waals surface area contributed by atoms with Crippen molar-refractivity contribution in [3.63, 3.8) is 0 Å². The van der Waals surface area contributed by atoms with Crippen LogP contribution in [0.15, 0.2) is 66.9 Å². The molecule has 184 valence electrons. The van der Waals surface area contributed by atoms with Gasteiger partial charge in [-0.1, -0.05) is 29.8 Å². The molecule has 1 aliphatic heterocycles. The highest BCUT2D eigenvalue weighted by Gasteiger charge is 2.41. The van der Waals surface area contributed by atoms with Crippen LogP contribution in [-0.2, 0) is 23.4 Å². The lowest BCUT2D eigenvalue weighted by Gasteiger charge is -2.31. The van der Waals surface area contributed by atoms with Crippen molar-refractivity contribution in [3.8, 4) is 6.07 Å². The highest BCUT2D eigenvalue weighted by Crippen LogP contribution is 2.45. The number of nitriles is 1. The van der Waals surface area contributed by atoms with Gasteiger partial charge in [0.15, 0.2) is 0 Å².